The second-order valence-electron chi connectivity index (χ2n) is 5.05. The summed E-state index contributed by atoms with van der Waals surface area (Å²) in [6.07, 6.45) is -2.89. The first-order valence-electron chi connectivity index (χ1n) is 7.12. The van der Waals surface area contributed by atoms with E-state index in [1.807, 2.05) is 15.9 Å². The second kappa shape index (κ2) is 7.98. The van der Waals surface area contributed by atoms with Crippen LogP contribution < -0.4 is 15.6 Å². The van der Waals surface area contributed by atoms with Crippen LogP contribution in [0.3, 0.4) is 0 Å². The Labute approximate surface area is 157 Å². The van der Waals surface area contributed by atoms with Gasteiger partial charge in [-0.2, -0.15) is 22.0 Å². The van der Waals surface area contributed by atoms with Gasteiger partial charge in [0.1, 0.15) is 0 Å². The molecule has 27 heavy (non-hydrogen) atoms. The molecule has 0 bridgehead atoms. The molecule has 0 saturated heterocycles. The van der Waals surface area contributed by atoms with Crippen LogP contribution in [-0.4, -0.2) is 38.0 Å². The van der Waals surface area contributed by atoms with E-state index in [4.69, 9.17) is 0 Å². The Morgan fingerprint density at radius 3 is 2.30 bits per heavy atom. The Bertz CT molecular complexity index is 780. The van der Waals surface area contributed by atoms with E-state index < -0.39 is 23.0 Å². The van der Waals surface area contributed by atoms with Gasteiger partial charge in [-0.05, 0) is 13.0 Å². The third kappa shape index (κ3) is 5.98. The van der Waals surface area contributed by atoms with E-state index in [1.54, 1.807) is 5.43 Å². The number of anilines is 1. The minimum absolute atomic E-state index is 0.0178. The molecular weight excluding hydrogens is 445 g/mol. The van der Waals surface area contributed by atoms with Gasteiger partial charge in [0.25, 0.3) is 0 Å². The Balaban J connectivity index is 2.00. The Kier molecular flexibility index (Phi) is 6.13. The highest BCUT2D eigenvalue weighted by Gasteiger charge is 2.38. The summed E-state index contributed by atoms with van der Waals surface area (Å²) in [5.41, 5.74) is 4.61. The average molecular weight is 456 g/mol. The van der Waals surface area contributed by atoms with Gasteiger partial charge in [-0.15, -0.1) is 0 Å². The predicted molar refractivity (Wildman–Crippen MR) is 87.0 cm³/mol. The molecule has 0 radical (unpaired) electrons. The van der Waals surface area contributed by atoms with Crippen molar-refractivity contribution in [1.29, 1.82) is 0 Å². The molecule has 0 aromatic carbocycles. The van der Waals surface area contributed by atoms with Gasteiger partial charge in [0, 0.05) is 33.8 Å². The Morgan fingerprint density at radius 2 is 1.81 bits per heavy atom. The third-order valence-corrected chi connectivity index (χ3v) is 3.36. The van der Waals surface area contributed by atoms with Crippen LogP contribution in [0.4, 0.5) is 27.8 Å². The number of nitrogens with zero attached hydrogens (tertiary/aromatic N) is 3. The van der Waals surface area contributed by atoms with Gasteiger partial charge < -0.3 is 4.74 Å². The minimum atomic E-state index is -4.51. The lowest BCUT2D eigenvalue weighted by atomic mass is 10.2. The Hall–Kier alpha value is -2.57. The van der Waals surface area contributed by atoms with Crippen LogP contribution in [0.15, 0.2) is 30.7 Å². The van der Waals surface area contributed by atoms with E-state index in [0.29, 0.717) is 11.3 Å². The molecule has 2 heterocycles. The molecule has 0 saturated carbocycles. The highest BCUT2D eigenvalue weighted by Crippen LogP contribution is 2.25. The van der Waals surface area contributed by atoms with E-state index in [-0.39, 0.29) is 11.7 Å². The fraction of sp³-hybridized carbons (Fsp3) is 0.286. The molecule has 2 aromatic heterocycles. The molecule has 2 rings (SSSR count). The quantitative estimate of drug-likeness (QED) is 0.394. The van der Waals surface area contributed by atoms with Gasteiger partial charge in [-0.3, -0.25) is 20.6 Å². The van der Waals surface area contributed by atoms with Crippen molar-refractivity contribution in [2.24, 2.45) is 0 Å². The molecule has 0 unspecified atom stereocenters. The number of ether oxygens (including phenoxy) is 1. The van der Waals surface area contributed by atoms with Crippen LogP contribution in [0.5, 0.6) is 5.88 Å². The molecule has 0 aliphatic carbocycles. The number of carbonyl (C=O) groups is 1. The van der Waals surface area contributed by atoms with Gasteiger partial charge >= 0.3 is 16.9 Å². The standard InChI is InChI=1S/C14H11BrF5N5O2/c1-7(14(18,19)20)27-11-3-2-8(4-23-11)9-5-22-10(6-21-9)24-25-12(26)13(15,16)17/h2-7H,1H3,(H,22,24)(H,25,26)/t7-/m1/s1. The molecule has 1 amide bonds. The molecule has 7 nitrogen and oxygen atoms in total. The molecule has 0 aliphatic rings. The summed E-state index contributed by atoms with van der Waals surface area (Å²) in [4.78, 5) is 18.8. The van der Waals surface area contributed by atoms with Crippen molar-refractivity contribution in [2.45, 2.75) is 24.0 Å². The number of hydrogen-bond acceptors (Lipinski definition) is 6. The number of rotatable bonds is 6. The third-order valence-electron chi connectivity index (χ3n) is 3.00. The highest BCUT2D eigenvalue weighted by molar-refractivity contribution is 9.10. The summed E-state index contributed by atoms with van der Waals surface area (Å²) in [5, 5.41) is 0. The largest absolute Gasteiger partial charge is 0.465 e. The van der Waals surface area contributed by atoms with Crippen LogP contribution >= 0.6 is 15.9 Å². The van der Waals surface area contributed by atoms with E-state index in [0.717, 1.165) is 13.1 Å². The van der Waals surface area contributed by atoms with Crippen molar-refractivity contribution >= 4 is 27.7 Å². The SMILES string of the molecule is C[C@@H](Oc1ccc(-c2cnc(NNC(=O)C(F)(F)Br)cn2)cn1)C(F)(F)F. The van der Waals surface area contributed by atoms with Crippen LogP contribution in [0, 0.1) is 0 Å². The summed E-state index contributed by atoms with van der Waals surface area (Å²) in [7, 11) is 0. The zero-order valence-corrected chi connectivity index (χ0v) is 15.0. The lowest BCUT2D eigenvalue weighted by Gasteiger charge is -2.16. The molecule has 0 spiro atoms. The number of halogens is 6. The van der Waals surface area contributed by atoms with Crippen molar-refractivity contribution < 1.29 is 31.5 Å². The number of amides is 1. The topological polar surface area (TPSA) is 89.0 Å². The van der Waals surface area contributed by atoms with Crippen molar-refractivity contribution in [3.05, 3.63) is 30.7 Å². The molecule has 146 valence electrons. The van der Waals surface area contributed by atoms with Gasteiger partial charge in [0.2, 0.25) is 5.88 Å². The first-order valence-corrected chi connectivity index (χ1v) is 7.91. The summed E-state index contributed by atoms with van der Waals surface area (Å²) in [6, 6.07) is 2.67. The van der Waals surface area contributed by atoms with E-state index >= 15 is 0 Å². The summed E-state index contributed by atoms with van der Waals surface area (Å²) in [6.45, 7) is 0.858. The van der Waals surface area contributed by atoms with Crippen LogP contribution in [0.2, 0.25) is 0 Å². The van der Waals surface area contributed by atoms with Crippen LogP contribution in [-0.2, 0) is 4.79 Å². The van der Waals surface area contributed by atoms with Crippen molar-refractivity contribution in [3.63, 3.8) is 0 Å². The zero-order chi connectivity index (χ0) is 20.2. The number of alkyl halides is 6. The van der Waals surface area contributed by atoms with Crippen molar-refractivity contribution in [3.8, 4) is 17.1 Å². The number of hydrogen-bond donors (Lipinski definition) is 2. The Morgan fingerprint density at radius 1 is 1.11 bits per heavy atom. The van der Waals surface area contributed by atoms with E-state index in [1.165, 1.54) is 24.5 Å². The minimum Gasteiger partial charge on any atom is -0.465 e. The van der Waals surface area contributed by atoms with Crippen molar-refractivity contribution in [2.75, 3.05) is 5.43 Å². The fourth-order valence-electron chi connectivity index (χ4n) is 1.58. The fourth-order valence-corrected chi connectivity index (χ4v) is 1.68. The first kappa shape index (κ1) is 20.7. The summed E-state index contributed by atoms with van der Waals surface area (Å²) >= 11 is 1.89. The molecule has 13 heteroatoms. The molecule has 0 aliphatic heterocycles. The van der Waals surface area contributed by atoms with Gasteiger partial charge in [-0.1, -0.05) is 0 Å². The van der Waals surface area contributed by atoms with Gasteiger partial charge in [-0.25, -0.2) is 9.97 Å². The number of aromatic nitrogens is 3. The summed E-state index contributed by atoms with van der Waals surface area (Å²) < 4.78 is 67.3. The molecular formula is C14H11BrF5N5O2. The molecule has 1 atom stereocenters. The summed E-state index contributed by atoms with van der Waals surface area (Å²) in [5.74, 6) is -1.86. The number of hydrazine groups is 1. The van der Waals surface area contributed by atoms with Crippen LogP contribution in [0.1, 0.15) is 6.92 Å². The van der Waals surface area contributed by atoms with E-state index in [9.17, 15) is 26.7 Å². The predicted octanol–water partition coefficient (Wildman–Crippen LogP) is 3.30. The van der Waals surface area contributed by atoms with Crippen LogP contribution in [0.25, 0.3) is 11.3 Å². The van der Waals surface area contributed by atoms with Gasteiger partial charge in [0.15, 0.2) is 11.9 Å². The maximum Gasteiger partial charge on any atom is 0.425 e. The number of nitrogens with one attached hydrogen (secondary N) is 2. The first-order chi connectivity index (χ1) is 12.5. The number of carbonyl (C=O) groups excluding carboxylic acids is 1. The van der Waals surface area contributed by atoms with Crippen molar-refractivity contribution in [1.82, 2.24) is 20.4 Å². The normalized spacial score (nSPS) is 13.0. The molecule has 0 fully saturated rings. The molecule has 2 N–H and O–H groups in total. The van der Waals surface area contributed by atoms with Gasteiger partial charge in [0.05, 0.1) is 18.1 Å². The monoisotopic (exact) mass is 455 g/mol. The average Bonchev–Trinajstić information content (AvgIpc) is 2.59. The lowest BCUT2D eigenvalue weighted by Crippen LogP contribution is -2.39. The maximum atomic E-state index is 12.6. The second-order valence-corrected chi connectivity index (χ2v) is 6.05. The lowest BCUT2D eigenvalue weighted by molar-refractivity contribution is -0.189. The number of pyridine rings is 1. The highest BCUT2D eigenvalue weighted by atomic mass is 79.9. The van der Waals surface area contributed by atoms with E-state index in [2.05, 4.69) is 25.1 Å². The zero-order valence-electron chi connectivity index (χ0n) is 13.4. The molecule has 2 aromatic rings. The smallest absolute Gasteiger partial charge is 0.425 e. The maximum absolute atomic E-state index is 12.6.